The molecule has 8 atom stereocenters. The minimum absolute atomic E-state index is 0.686. The van der Waals surface area contributed by atoms with E-state index < -0.39 is 0 Å². The normalized spacial score (nSPS) is 43.9. The molecule has 0 heterocycles. The van der Waals surface area contributed by atoms with Gasteiger partial charge in [0.25, 0.3) is 0 Å². The first kappa shape index (κ1) is 19.7. The Balaban J connectivity index is 1.18. The fourth-order valence-electron chi connectivity index (χ4n) is 7.42. The van der Waals surface area contributed by atoms with Crippen molar-refractivity contribution >= 4 is 0 Å². The van der Waals surface area contributed by atoms with E-state index in [4.69, 9.17) is 0 Å². The van der Waals surface area contributed by atoms with Crippen molar-refractivity contribution in [1.29, 1.82) is 0 Å². The van der Waals surface area contributed by atoms with Gasteiger partial charge in [-0.15, -0.1) is 13.2 Å². The third kappa shape index (κ3) is 4.22. The Bertz CT molecular complexity index is 457. The predicted octanol–water partition coefficient (Wildman–Crippen LogP) is 5.32. The van der Waals surface area contributed by atoms with E-state index in [1.54, 1.807) is 0 Å². The van der Waals surface area contributed by atoms with Gasteiger partial charge in [-0.2, -0.15) is 0 Å². The maximum atomic E-state index is 4.17. The van der Waals surface area contributed by atoms with Crippen LogP contribution in [0.3, 0.4) is 0 Å². The molecule has 0 radical (unpaired) electrons. The molecule has 2 heteroatoms. The molecule has 0 aromatic heterocycles. The molecule has 4 rings (SSSR count). The van der Waals surface area contributed by atoms with Crippen LogP contribution in [0.15, 0.2) is 25.3 Å². The first-order valence-electron chi connectivity index (χ1n) is 12.0. The van der Waals surface area contributed by atoms with Gasteiger partial charge in [0.2, 0.25) is 0 Å². The Morgan fingerprint density at radius 3 is 1.56 bits per heavy atom. The van der Waals surface area contributed by atoms with Crippen LogP contribution < -0.4 is 10.6 Å². The van der Waals surface area contributed by atoms with Crippen molar-refractivity contribution < 1.29 is 0 Å². The van der Waals surface area contributed by atoms with Crippen LogP contribution >= 0.6 is 0 Å². The van der Waals surface area contributed by atoms with E-state index in [1.807, 2.05) is 0 Å². The number of hydrogen-bond donors (Lipinski definition) is 2. The molecule has 2 N–H and O–H groups in total. The van der Waals surface area contributed by atoms with Gasteiger partial charge in [-0.05, 0) is 80.7 Å². The lowest BCUT2D eigenvalue weighted by atomic mass is 9.78. The van der Waals surface area contributed by atoms with Gasteiger partial charge in [0.05, 0.1) is 0 Å². The van der Waals surface area contributed by atoms with Crippen LogP contribution in [0, 0.1) is 35.5 Å². The smallest absolute Gasteiger partial charge is 0.0135 e. The maximum absolute atomic E-state index is 4.17. The van der Waals surface area contributed by atoms with Gasteiger partial charge < -0.3 is 10.6 Å². The molecule has 0 aromatic carbocycles. The Morgan fingerprint density at radius 1 is 0.667 bits per heavy atom. The van der Waals surface area contributed by atoms with E-state index in [0.29, 0.717) is 23.9 Å². The van der Waals surface area contributed by atoms with Crippen LogP contribution in [0.25, 0.3) is 0 Å². The third-order valence-electron chi connectivity index (χ3n) is 8.68. The molecule has 0 aliphatic heterocycles. The summed E-state index contributed by atoms with van der Waals surface area (Å²) >= 11 is 0. The van der Waals surface area contributed by atoms with Gasteiger partial charge in [-0.25, -0.2) is 0 Å². The molecule has 0 unspecified atom stereocenters. The van der Waals surface area contributed by atoms with E-state index >= 15 is 0 Å². The minimum atomic E-state index is 0.686. The molecule has 4 aliphatic carbocycles. The molecule has 4 saturated carbocycles. The zero-order chi connectivity index (χ0) is 18.6. The van der Waals surface area contributed by atoms with Crippen molar-refractivity contribution in [2.45, 2.75) is 82.7 Å². The zero-order valence-electron chi connectivity index (χ0n) is 17.4. The second-order valence-corrected chi connectivity index (χ2v) is 9.99. The number of hydrogen-bond acceptors (Lipinski definition) is 2. The van der Waals surface area contributed by atoms with Crippen molar-refractivity contribution in [2.75, 3.05) is 13.1 Å². The first-order valence-corrected chi connectivity index (χ1v) is 12.0. The van der Waals surface area contributed by atoms with Crippen LogP contribution in [0.1, 0.15) is 70.6 Å². The summed E-state index contributed by atoms with van der Waals surface area (Å²) in [5.41, 5.74) is 0. The van der Waals surface area contributed by atoms with Crippen molar-refractivity contribution in [1.82, 2.24) is 10.6 Å². The molecule has 2 nitrogen and oxygen atoms in total. The van der Waals surface area contributed by atoms with E-state index in [9.17, 15) is 0 Å². The van der Waals surface area contributed by atoms with Gasteiger partial charge in [0.15, 0.2) is 0 Å². The number of nitrogens with one attached hydrogen (secondary N) is 2. The van der Waals surface area contributed by atoms with Crippen molar-refractivity contribution in [2.24, 2.45) is 35.5 Å². The average molecular weight is 371 g/mol. The molecule has 0 aromatic rings. The Labute approximate surface area is 167 Å². The number of fused-ring (bicyclic) bond motifs is 2. The summed E-state index contributed by atoms with van der Waals surface area (Å²) in [5, 5.41) is 7.82. The Morgan fingerprint density at radius 2 is 1.11 bits per heavy atom. The summed E-state index contributed by atoms with van der Waals surface area (Å²) in [6, 6.07) is 1.37. The van der Waals surface area contributed by atoms with Gasteiger partial charge in [-0.3, -0.25) is 0 Å². The lowest BCUT2D eigenvalue weighted by molar-refractivity contribution is 0.247. The molecule has 4 aliphatic rings. The highest BCUT2D eigenvalue weighted by molar-refractivity contribution is 5.04. The highest BCUT2D eigenvalue weighted by Gasteiger charge is 2.43. The molecule has 0 saturated heterocycles. The average Bonchev–Trinajstić information content (AvgIpc) is 3.24. The maximum Gasteiger partial charge on any atom is 0.0135 e. The summed E-state index contributed by atoms with van der Waals surface area (Å²) in [7, 11) is 0. The van der Waals surface area contributed by atoms with E-state index in [0.717, 1.165) is 36.8 Å². The predicted molar refractivity (Wildman–Crippen MR) is 116 cm³/mol. The second kappa shape index (κ2) is 9.27. The monoisotopic (exact) mass is 370 g/mol. The van der Waals surface area contributed by atoms with Crippen molar-refractivity contribution in [3.8, 4) is 0 Å². The van der Waals surface area contributed by atoms with Crippen LogP contribution in [-0.2, 0) is 0 Å². The Hall–Kier alpha value is -0.600. The molecule has 0 amide bonds. The van der Waals surface area contributed by atoms with Crippen LogP contribution in [0.2, 0.25) is 0 Å². The number of rotatable bonds is 8. The fourth-order valence-corrected chi connectivity index (χ4v) is 7.42. The molecule has 27 heavy (non-hydrogen) atoms. The van der Waals surface area contributed by atoms with Gasteiger partial charge in [0.1, 0.15) is 0 Å². The SMILES string of the molecule is C=C[C@H]1[C@@H]2CCCC[C@H]2C[C@H]1NCCCN[C@@H]1C[C@@H]2CCCC[C@H]2[C@@H]1C=C. The molecule has 0 bridgehead atoms. The van der Waals surface area contributed by atoms with E-state index in [-0.39, 0.29) is 0 Å². The summed E-state index contributed by atoms with van der Waals surface area (Å²) in [5.74, 6) is 5.20. The molecule has 4 fully saturated rings. The standard InChI is InChI=1S/C25H42N2/c1-3-20-22-12-7-5-10-18(22)16-24(20)26-14-9-15-27-25-17-19-11-6-8-13-23(19)21(25)4-2/h3-4,18-27H,1-2,5-17H2/t18-,19-,20-,21-,22+,23+,24+,25+/m0/s1. The largest absolute Gasteiger partial charge is 0.313 e. The van der Waals surface area contributed by atoms with Gasteiger partial charge in [-0.1, -0.05) is 50.7 Å². The summed E-state index contributed by atoms with van der Waals surface area (Å²) in [6.07, 6.45) is 20.1. The van der Waals surface area contributed by atoms with Crippen molar-refractivity contribution in [3.63, 3.8) is 0 Å². The quantitative estimate of drug-likeness (QED) is 0.446. The lowest BCUT2D eigenvalue weighted by Crippen LogP contribution is -2.37. The zero-order valence-corrected chi connectivity index (χ0v) is 17.4. The summed E-state index contributed by atoms with van der Waals surface area (Å²) < 4.78 is 0. The third-order valence-corrected chi connectivity index (χ3v) is 8.68. The Kier molecular flexibility index (Phi) is 6.76. The first-order chi connectivity index (χ1) is 13.3. The highest BCUT2D eigenvalue weighted by atomic mass is 15.0. The van der Waals surface area contributed by atoms with Gasteiger partial charge >= 0.3 is 0 Å². The van der Waals surface area contributed by atoms with Crippen molar-refractivity contribution in [3.05, 3.63) is 25.3 Å². The molecule has 152 valence electrons. The highest BCUT2D eigenvalue weighted by Crippen LogP contribution is 2.47. The summed E-state index contributed by atoms with van der Waals surface area (Å²) in [6.45, 7) is 10.6. The molecular weight excluding hydrogens is 328 g/mol. The van der Waals surface area contributed by atoms with E-state index in [2.05, 4.69) is 35.9 Å². The van der Waals surface area contributed by atoms with E-state index in [1.165, 1.54) is 70.6 Å². The van der Waals surface area contributed by atoms with Crippen LogP contribution in [0.5, 0.6) is 0 Å². The lowest BCUT2D eigenvalue weighted by Gasteiger charge is -2.28. The topological polar surface area (TPSA) is 24.1 Å². The van der Waals surface area contributed by atoms with Gasteiger partial charge in [0, 0.05) is 12.1 Å². The summed E-state index contributed by atoms with van der Waals surface area (Å²) in [4.78, 5) is 0. The van der Waals surface area contributed by atoms with Crippen LogP contribution in [0.4, 0.5) is 0 Å². The molecule has 0 spiro atoms. The molecular formula is C25H42N2. The second-order valence-electron chi connectivity index (χ2n) is 9.99. The minimum Gasteiger partial charge on any atom is -0.313 e. The fraction of sp³-hybridized carbons (Fsp3) is 0.840. The van der Waals surface area contributed by atoms with Crippen LogP contribution in [-0.4, -0.2) is 25.2 Å².